The van der Waals surface area contributed by atoms with Crippen LogP contribution in [0.3, 0.4) is 0 Å². The third kappa shape index (κ3) is 2.64. The van der Waals surface area contributed by atoms with Gasteiger partial charge in [-0.15, -0.1) is 0 Å². The molecular formula is C13H12BrFN2. The molecule has 88 valence electrons. The van der Waals surface area contributed by atoms with Crippen LogP contribution in [0.15, 0.2) is 34.9 Å². The van der Waals surface area contributed by atoms with Crippen LogP contribution in [0.4, 0.5) is 10.2 Å². The molecule has 0 saturated heterocycles. The highest BCUT2D eigenvalue weighted by Crippen LogP contribution is 2.22. The maximum Gasteiger partial charge on any atom is 0.137 e. The number of anilines is 1. The lowest BCUT2D eigenvalue weighted by atomic mass is 10.0. The van der Waals surface area contributed by atoms with Crippen molar-refractivity contribution in [3.05, 3.63) is 57.4 Å². The van der Waals surface area contributed by atoms with Gasteiger partial charge in [0.05, 0.1) is 4.47 Å². The molecule has 2 rings (SSSR count). The SMILES string of the molecule is Cc1ccnc(N)c1Cc1ccc(F)c(Br)c1. The highest BCUT2D eigenvalue weighted by atomic mass is 79.9. The number of nitrogens with zero attached hydrogens (tertiary/aromatic N) is 1. The highest BCUT2D eigenvalue weighted by molar-refractivity contribution is 9.10. The number of nitrogen functional groups attached to an aromatic ring is 1. The summed E-state index contributed by atoms with van der Waals surface area (Å²) in [5.41, 5.74) is 8.93. The largest absolute Gasteiger partial charge is 0.383 e. The normalized spacial score (nSPS) is 10.5. The fraction of sp³-hybridized carbons (Fsp3) is 0.154. The topological polar surface area (TPSA) is 38.9 Å². The number of aryl methyl sites for hydroxylation is 1. The molecule has 4 heteroatoms. The lowest BCUT2D eigenvalue weighted by Gasteiger charge is -2.08. The Morgan fingerprint density at radius 2 is 2.12 bits per heavy atom. The molecule has 2 aromatic rings. The summed E-state index contributed by atoms with van der Waals surface area (Å²) in [6.07, 6.45) is 2.35. The van der Waals surface area contributed by atoms with Gasteiger partial charge < -0.3 is 5.73 Å². The smallest absolute Gasteiger partial charge is 0.137 e. The van der Waals surface area contributed by atoms with E-state index in [0.717, 1.165) is 16.7 Å². The number of hydrogen-bond acceptors (Lipinski definition) is 2. The molecule has 1 heterocycles. The van der Waals surface area contributed by atoms with E-state index in [1.54, 1.807) is 18.3 Å². The summed E-state index contributed by atoms with van der Waals surface area (Å²) in [4.78, 5) is 4.07. The Bertz CT molecular complexity index is 535. The summed E-state index contributed by atoms with van der Waals surface area (Å²) in [7, 11) is 0. The molecule has 17 heavy (non-hydrogen) atoms. The minimum absolute atomic E-state index is 0.260. The molecule has 0 aliphatic rings. The summed E-state index contributed by atoms with van der Waals surface area (Å²) >= 11 is 3.17. The van der Waals surface area contributed by atoms with E-state index in [2.05, 4.69) is 20.9 Å². The second kappa shape index (κ2) is 4.84. The summed E-state index contributed by atoms with van der Waals surface area (Å²) in [5, 5.41) is 0. The van der Waals surface area contributed by atoms with Gasteiger partial charge in [-0.3, -0.25) is 0 Å². The second-order valence-electron chi connectivity index (χ2n) is 3.92. The Morgan fingerprint density at radius 1 is 1.35 bits per heavy atom. The van der Waals surface area contributed by atoms with Crippen molar-refractivity contribution >= 4 is 21.7 Å². The summed E-state index contributed by atoms with van der Waals surface area (Å²) in [6, 6.07) is 6.89. The van der Waals surface area contributed by atoms with Crippen LogP contribution in [0.5, 0.6) is 0 Å². The maximum atomic E-state index is 13.1. The first-order valence-electron chi connectivity index (χ1n) is 5.22. The fourth-order valence-electron chi connectivity index (χ4n) is 1.69. The molecular weight excluding hydrogens is 283 g/mol. The van der Waals surface area contributed by atoms with Crippen molar-refractivity contribution in [1.82, 2.24) is 4.98 Å². The van der Waals surface area contributed by atoms with E-state index >= 15 is 0 Å². The van der Waals surface area contributed by atoms with Gasteiger partial charge in [-0.25, -0.2) is 9.37 Å². The summed E-state index contributed by atoms with van der Waals surface area (Å²) < 4.78 is 13.6. The van der Waals surface area contributed by atoms with E-state index in [9.17, 15) is 4.39 Å². The molecule has 0 aliphatic heterocycles. The predicted molar refractivity (Wildman–Crippen MR) is 70.3 cm³/mol. The van der Waals surface area contributed by atoms with Crippen LogP contribution in [0, 0.1) is 12.7 Å². The third-order valence-corrected chi connectivity index (χ3v) is 3.30. The fourth-order valence-corrected chi connectivity index (χ4v) is 2.12. The Morgan fingerprint density at radius 3 is 2.76 bits per heavy atom. The molecule has 2 N–H and O–H groups in total. The third-order valence-electron chi connectivity index (χ3n) is 2.69. The van der Waals surface area contributed by atoms with Crippen molar-refractivity contribution in [2.75, 3.05) is 5.73 Å². The lowest BCUT2D eigenvalue weighted by molar-refractivity contribution is 0.620. The van der Waals surface area contributed by atoms with Crippen molar-refractivity contribution < 1.29 is 4.39 Å². The van der Waals surface area contributed by atoms with Crippen LogP contribution in [-0.4, -0.2) is 4.98 Å². The van der Waals surface area contributed by atoms with Crippen molar-refractivity contribution in [2.45, 2.75) is 13.3 Å². The van der Waals surface area contributed by atoms with Crippen LogP contribution in [-0.2, 0) is 6.42 Å². The molecule has 0 bridgehead atoms. The maximum absolute atomic E-state index is 13.1. The summed E-state index contributed by atoms with van der Waals surface area (Å²) in [5.74, 6) is 0.273. The van der Waals surface area contributed by atoms with Gasteiger partial charge in [-0.05, 0) is 52.2 Å². The van der Waals surface area contributed by atoms with Gasteiger partial charge in [-0.1, -0.05) is 6.07 Å². The predicted octanol–water partition coefficient (Wildman–Crippen LogP) is 3.46. The zero-order chi connectivity index (χ0) is 12.4. The van der Waals surface area contributed by atoms with E-state index in [1.165, 1.54) is 6.07 Å². The van der Waals surface area contributed by atoms with Gasteiger partial charge in [0, 0.05) is 18.2 Å². The molecule has 0 amide bonds. The summed E-state index contributed by atoms with van der Waals surface area (Å²) in [6.45, 7) is 1.99. The van der Waals surface area contributed by atoms with Gasteiger partial charge in [0.15, 0.2) is 0 Å². The molecule has 0 spiro atoms. The number of aromatic nitrogens is 1. The van der Waals surface area contributed by atoms with Crippen molar-refractivity contribution in [2.24, 2.45) is 0 Å². The number of halogens is 2. The quantitative estimate of drug-likeness (QED) is 0.921. The van der Waals surface area contributed by atoms with Gasteiger partial charge >= 0.3 is 0 Å². The first kappa shape index (κ1) is 12.0. The zero-order valence-corrected chi connectivity index (χ0v) is 11.0. The second-order valence-corrected chi connectivity index (χ2v) is 4.77. The van der Waals surface area contributed by atoms with Crippen LogP contribution in [0.1, 0.15) is 16.7 Å². The Kier molecular flexibility index (Phi) is 3.43. The molecule has 0 radical (unpaired) electrons. The first-order chi connectivity index (χ1) is 8.08. The Balaban J connectivity index is 2.35. The first-order valence-corrected chi connectivity index (χ1v) is 6.01. The van der Waals surface area contributed by atoms with E-state index in [0.29, 0.717) is 16.7 Å². The molecule has 0 saturated carbocycles. The average Bonchev–Trinajstić information content (AvgIpc) is 2.28. The molecule has 2 nitrogen and oxygen atoms in total. The number of benzene rings is 1. The number of hydrogen-bond donors (Lipinski definition) is 1. The minimum atomic E-state index is -0.260. The van der Waals surface area contributed by atoms with Crippen LogP contribution in [0.25, 0.3) is 0 Å². The van der Waals surface area contributed by atoms with Crippen LogP contribution in [0.2, 0.25) is 0 Å². The Labute approximate surface area is 108 Å². The standard InChI is InChI=1S/C13H12BrFN2/c1-8-4-5-17-13(16)10(8)6-9-2-3-12(15)11(14)7-9/h2-5,7H,6H2,1H3,(H2,16,17). The number of nitrogens with two attached hydrogens (primary N) is 1. The Hall–Kier alpha value is -1.42. The molecule has 0 atom stereocenters. The molecule has 1 aromatic carbocycles. The van der Waals surface area contributed by atoms with Crippen molar-refractivity contribution in [3.8, 4) is 0 Å². The highest BCUT2D eigenvalue weighted by Gasteiger charge is 2.07. The average molecular weight is 295 g/mol. The van der Waals surface area contributed by atoms with Crippen molar-refractivity contribution in [1.29, 1.82) is 0 Å². The number of rotatable bonds is 2. The zero-order valence-electron chi connectivity index (χ0n) is 9.37. The molecule has 1 aromatic heterocycles. The molecule has 0 aliphatic carbocycles. The lowest BCUT2D eigenvalue weighted by Crippen LogP contribution is -2.01. The van der Waals surface area contributed by atoms with Crippen LogP contribution >= 0.6 is 15.9 Å². The number of pyridine rings is 1. The molecule has 0 fully saturated rings. The minimum Gasteiger partial charge on any atom is -0.383 e. The molecule has 0 unspecified atom stereocenters. The van der Waals surface area contributed by atoms with Crippen LogP contribution < -0.4 is 5.73 Å². The van der Waals surface area contributed by atoms with Crippen molar-refractivity contribution in [3.63, 3.8) is 0 Å². The van der Waals surface area contributed by atoms with Gasteiger partial charge in [0.1, 0.15) is 11.6 Å². The monoisotopic (exact) mass is 294 g/mol. The van der Waals surface area contributed by atoms with E-state index in [4.69, 9.17) is 5.73 Å². The van der Waals surface area contributed by atoms with E-state index in [-0.39, 0.29) is 5.82 Å². The van der Waals surface area contributed by atoms with Gasteiger partial charge in [0.2, 0.25) is 0 Å². The van der Waals surface area contributed by atoms with E-state index < -0.39 is 0 Å². The van der Waals surface area contributed by atoms with Gasteiger partial charge in [-0.2, -0.15) is 0 Å². The van der Waals surface area contributed by atoms with E-state index in [1.807, 2.05) is 13.0 Å². The van der Waals surface area contributed by atoms with Gasteiger partial charge in [0.25, 0.3) is 0 Å².